The van der Waals surface area contributed by atoms with Crippen molar-refractivity contribution in [2.24, 2.45) is 5.92 Å². The van der Waals surface area contributed by atoms with Crippen LogP contribution < -0.4 is 0 Å². The van der Waals surface area contributed by atoms with Crippen molar-refractivity contribution >= 4 is 74.4 Å². The largest absolute Gasteiger partial charge is 0.256 e. The van der Waals surface area contributed by atoms with E-state index >= 15 is 0 Å². The number of benzene rings is 2. The van der Waals surface area contributed by atoms with Gasteiger partial charge in [-0.1, -0.05) is 34.6 Å². The molecular weight excluding hydrogens is 471 g/mol. The SMILES string of the molecule is Cc1c(CC(C)C)sc2cc3c(cc12)sc1ccnc(-c2cc(C(C)(C)C)c4sccc4c2)c13. The molecule has 0 radical (unpaired) electrons. The van der Waals surface area contributed by atoms with E-state index in [-0.39, 0.29) is 5.41 Å². The van der Waals surface area contributed by atoms with Gasteiger partial charge in [0, 0.05) is 46.2 Å². The number of aryl methyl sites for hydroxylation is 1. The fourth-order valence-corrected chi connectivity index (χ4v) is 8.72. The molecule has 4 heteroatoms. The maximum Gasteiger partial charge on any atom is 0.0795 e. The second-order valence-corrected chi connectivity index (χ2v) is 14.0. The van der Waals surface area contributed by atoms with Crippen molar-refractivity contribution in [2.75, 3.05) is 0 Å². The molecule has 0 unspecified atom stereocenters. The Kier molecular flexibility index (Phi) is 5.14. The van der Waals surface area contributed by atoms with Gasteiger partial charge >= 0.3 is 0 Å². The molecule has 6 aromatic rings. The summed E-state index contributed by atoms with van der Waals surface area (Å²) in [5, 5.41) is 7.60. The van der Waals surface area contributed by atoms with E-state index < -0.39 is 0 Å². The second-order valence-electron chi connectivity index (χ2n) is 10.8. The Balaban J connectivity index is 1.64. The smallest absolute Gasteiger partial charge is 0.0795 e. The molecule has 0 bridgehead atoms. The minimum atomic E-state index is 0.0806. The van der Waals surface area contributed by atoms with Gasteiger partial charge in [-0.2, -0.15) is 0 Å². The summed E-state index contributed by atoms with van der Waals surface area (Å²) in [5.74, 6) is 0.675. The van der Waals surface area contributed by atoms with Crippen LogP contribution in [0.1, 0.15) is 50.6 Å². The highest BCUT2D eigenvalue weighted by molar-refractivity contribution is 7.26. The summed E-state index contributed by atoms with van der Waals surface area (Å²) in [6.45, 7) is 13.8. The van der Waals surface area contributed by atoms with Gasteiger partial charge in [-0.25, -0.2) is 0 Å². The number of hydrogen-bond donors (Lipinski definition) is 0. The Labute approximate surface area is 213 Å². The van der Waals surface area contributed by atoms with Crippen LogP contribution in [-0.4, -0.2) is 4.98 Å². The van der Waals surface area contributed by atoms with Crippen molar-refractivity contribution in [3.8, 4) is 11.3 Å². The molecule has 0 saturated heterocycles. The van der Waals surface area contributed by atoms with Crippen LogP contribution >= 0.6 is 34.0 Å². The molecule has 0 atom stereocenters. The lowest BCUT2D eigenvalue weighted by molar-refractivity contribution is 0.597. The first-order chi connectivity index (χ1) is 16.2. The second kappa shape index (κ2) is 7.87. The minimum absolute atomic E-state index is 0.0806. The zero-order chi connectivity index (χ0) is 23.8. The highest BCUT2D eigenvalue weighted by Gasteiger charge is 2.21. The van der Waals surface area contributed by atoms with Crippen LogP contribution in [0.25, 0.3) is 51.6 Å². The molecule has 0 aliphatic heterocycles. The molecule has 0 aliphatic carbocycles. The quantitative estimate of drug-likeness (QED) is 0.236. The standard InChI is InChI=1S/C30H29NS3/c1-16(2)11-24-17(3)20-14-26-21(15-25(20)34-24)27-23(33-26)7-9-31-28(27)19-12-18-8-10-32-29(18)22(13-19)30(4,5)6/h7-10,12-16H,11H2,1-6H3. The topological polar surface area (TPSA) is 12.9 Å². The molecule has 2 aromatic carbocycles. The van der Waals surface area contributed by atoms with E-state index in [2.05, 4.69) is 83.3 Å². The van der Waals surface area contributed by atoms with Crippen LogP contribution in [0.2, 0.25) is 0 Å². The van der Waals surface area contributed by atoms with Gasteiger partial charge in [-0.05, 0) is 88.4 Å². The molecule has 172 valence electrons. The van der Waals surface area contributed by atoms with Crippen molar-refractivity contribution < 1.29 is 0 Å². The normalized spacial score (nSPS) is 12.8. The fourth-order valence-electron chi connectivity index (χ4n) is 5.04. The Morgan fingerprint density at radius 1 is 0.912 bits per heavy atom. The van der Waals surface area contributed by atoms with E-state index in [1.54, 1.807) is 0 Å². The van der Waals surface area contributed by atoms with Crippen LogP contribution in [0.5, 0.6) is 0 Å². The molecule has 0 spiro atoms. The van der Waals surface area contributed by atoms with Crippen molar-refractivity contribution in [1.82, 2.24) is 4.98 Å². The third-order valence-electron chi connectivity index (χ3n) is 6.77. The monoisotopic (exact) mass is 499 g/mol. The summed E-state index contributed by atoms with van der Waals surface area (Å²) >= 11 is 5.72. The molecule has 4 heterocycles. The number of thiophene rings is 3. The summed E-state index contributed by atoms with van der Waals surface area (Å²) in [5.41, 5.74) is 5.28. The molecule has 0 fully saturated rings. The average molecular weight is 500 g/mol. The van der Waals surface area contributed by atoms with Crippen LogP contribution in [0.4, 0.5) is 0 Å². The Hall–Kier alpha value is -2.27. The van der Waals surface area contributed by atoms with E-state index in [4.69, 9.17) is 4.98 Å². The first-order valence-corrected chi connectivity index (χ1v) is 14.5. The van der Waals surface area contributed by atoms with Gasteiger partial charge in [0.15, 0.2) is 0 Å². The van der Waals surface area contributed by atoms with Crippen molar-refractivity contribution in [3.63, 3.8) is 0 Å². The molecule has 0 N–H and O–H groups in total. The minimum Gasteiger partial charge on any atom is -0.256 e. The van der Waals surface area contributed by atoms with E-state index in [0.717, 1.165) is 12.1 Å². The van der Waals surface area contributed by atoms with Crippen molar-refractivity contribution in [2.45, 2.75) is 53.4 Å². The zero-order valence-electron chi connectivity index (χ0n) is 20.6. The van der Waals surface area contributed by atoms with E-state index in [9.17, 15) is 0 Å². The van der Waals surface area contributed by atoms with Crippen LogP contribution in [0.3, 0.4) is 0 Å². The Morgan fingerprint density at radius 3 is 2.44 bits per heavy atom. The zero-order valence-corrected chi connectivity index (χ0v) is 23.0. The van der Waals surface area contributed by atoms with E-state index in [1.807, 2.05) is 40.2 Å². The highest BCUT2D eigenvalue weighted by Crippen LogP contribution is 2.45. The number of fused-ring (bicyclic) bond motifs is 5. The van der Waals surface area contributed by atoms with E-state index in [0.29, 0.717) is 5.92 Å². The molecule has 0 saturated carbocycles. The summed E-state index contributed by atoms with van der Waals surface area (Å²) in [6.07, 6.45) is 3.14. The number of pyridine rings is 1. The third kappa shape index (κ3) is 3.50. The molecule has 4 aromatic heterocycles. The fraction of sp³-hybridized carbons (Fsp3) is 0.300. The van der Waals surface area contributed by atoms with E-state index in [1.165, 1.54) is 61.9 Å². The first kappa shape index (κ1) is 22.2. The lowest BCUT2D eigenvalue weighted by Crippen LogP contribution is -2.11. The molecule has 1 nitrogen and oxygen atoms in total. The maximum atomic E-state index is 4.97. The van der Waals surface area contributed by atoms with Crippen LogP contribution in [0.15, 0.2) is 48.0 Å². The van der Waals surface area contributed by atoms with Gasteiger partial charge in [0.05, 0.1) is 5.69 Å². The predicted octanol–water partition coefficient (Wildman–Crippen LogP) is 10.4. The lowest BCUT2D eigenvalue weighted by Gasteiger charge is -2.21. The number of hydrogen-bond acceptors (Lipinski definition) is 4. The van der Waals surface area contributed by atoms with Gasteiger partial charge in [0.2, 0.25) is 0 Å². The molecule has 34 heavy (non-hydrogen) atoms. The number of nitrogens with zero attached hydrogens (tertiary/aromatic N) is 1. The summed E-state index contributed by atoms with van der Waals surface area (Å²) in [7, 11) is 0. The summed E-state index contributed by atoms with van der Waals surface area (Å²) in [4.78, 5) is 6.50. The van der Waals surface area contributed by atoms with Gasteiger partial charge in [0.1, 0.15) is 0 Å². The Morgan fingerprint density at radius 2 is 1.68 bits per heavy atom. The van der Waals surface area contributed by atoms with Gasteiger partial charge in [-0.15, -0.1) is 34.0 Å². The summed E-state index contributed by atoms with van der Waals surface area (Å²) in [6, 6.07) is 14.0. The number of aromatic nitrogens is 1. The molecule has 6 rings (SSSR count). The van der Waals surface area contributed by atoms with Crippen LogP contribution in [-0.2, 0) is 11.8 Å². The molecule has 0 amide bonds. The summed E-state index contributed by atoms with van der Waals surface area (Å²) < 4.78 is 5.48. The predicted molar refractivity (Wildman–Crippen MR) is 155 cm³/mol. The third-order valence-corrected chi connectivity index (χ3v) is 10.1. The van der Waals surface area contributed by atoms with Gasteiger partial charge in [0.25, 0.3) is 0 Å². The van der Waals surface area contributed by atoms with Gasteiger partial charge < -0.3 is 0 Å². The Bertz CT molecular complexity index is 1700. The van der Waals surface area contributed by atoms with Gasteiger partial charge in [-0.3, -0.25) is 4.98 Å². The van der Waals surface area contributed by atoms with Crippen molar-refractivity contribution in [3.05, 3.63) is 64.0 Å². The van der Waals surface area contributed by atoms with Crippen LogP contribution in [0, 0.1) is 12.8 Å². The average Bonchev–Trinajstić information content (AvgIpc) is 3.46. The van der Waals surface area contributed by atoms with Crippen molar-refractivity contribution in [1.29, 1.82) is 0 Å². The molecule has 0 aliphatic rings. The molecular formula is C30H29NS3. The number of rotatable bonds is 3. The first-order valence-electron chi connectivity index (χ1n) is 12.0. The lowest BCUT2D eigenvalue weighted by atomic mass is 9.85. The highest BCUT2D eigenvalue weighted by atomic mass is 32.1. The maximum absolute atomic E-state index is 4.97.